The zero-order valence-corrected chi connectivity index (χ0v) is 12.3. The quantitative estimate of drug-likeness (QED) is 0.783. The largest absolute Gasteiger partial charge is 0.357 e. The molecule has 0 saturated carbocycles. The lowest BCUT2D eigenvalue weighted by Gasteiger charge is -2.34. The van der Waals surface area contributed by atoms with Crippen molar-refractivity contribution in [1.29, 1.82) is 0 Å². The molecule has 4 N–H and O–H groups in total. The maximum atomic E-state index is 12.4. The zero-order chi connectivity index (χ0) is 15.2. The third-order valence-corrected chi connectivity index (χ3v) is 3.73. The van der Waals surface area contributed by atoms with E-state index >= 15 is 0 Å². The lowest BCUT2D eigenvalue weighted by atomic mass is 10.0. The summed E-state index contributed by atoms with van der Waals surface area (Å²) in [5.74, 6) is -0.111. The molecule has 3 amide bonds. The highest BCUT2D eigenvalue weighted by molar-refractivity contribution is 5.93. The number of likely N-dealkylation sites (N-methyl/N-ethyl adjacent to an activating group) is 1. The molecule has 1 aromatic carbocycles. The lowest BCUT2D eigenvalue weighted by Crippen LogP contribution is -2.52. The molecular weight excluding hydrogens is 268 g/mol. The average Bonchev–Trinajstić information content (AvgIpc) is 2.54. The van der Waals surface area contributed by atoms with E-state index in [2.05, 4.69) is 10.6 Å². The van der Waals surface area contributed by atoms with Crippen LogP contribution in [0.5, 0.6) is 0 Å². The van der Waals surface area contributed by atoms with Gasteiger partial charge in [-0.05, 0) is 37.0 Å². The maximum Gasteiger partial charge on any atom is 0.322 e. The van der Waals surface area contributed by atoms with Crippen LogP contribution in [0.15, 0.2) is 24.3 Å². The SMILES string of the molecule is CNC(=O)C1CCCCN1C(=O)Nc1cccc(CN)c1. The molecule has 2 rings (SSSR count). The van der Waals surface area contributed by atoms with Crippen molar-refractivity contribution in [2.45, 2.75) is 31.8 Å². The molecular formula is C15H22N4O2. The number of hydrogen-bond acceptors (Lipinski definition) is 3. The monoisotopic (exact) mass is 290 g/mol. The minimum absolute atomic E-state index is 0.111. The Morgan fingerprint density at radius 3 is 2.90 bits per heavy atom. The summed E-state index contributed by atoms with van der Waals surface area (Å²) in [5, 5.41) is 5.47. The molecule has 1 aromatic rings. The number of hydrogen-bond donors (Lipinski definition) is 3. The van der Waals surface area contributed by atoms with Gasteiger partial charge in [0.1, 0.15) is 6.04 Å². The summed E-state index contributed by atoms with van der Waals surface area (Å²) in [7, 11) is 1.59. The Morgan fingerprint density at radius 1 is 1.38 bits per heavy atom. The van der Waals surface area contributed by atoms with Gasteiger partial charge in [-0.25, -0.2) is 4.79 Å². The molecule has 1 atom stereocenters. The predicted octanol–water partition coefficient (Wildman–Crippen LogP) is 1.28. The summed E-state index contributed by atoms with van der Waals surface area (Å²) in [4.78, 5) is 25.9. The number of carbonyl (C=O) groups is 2. The Bertz CT molecular complexity index is 518. The standard InChI is InChI=1S/C15H22N4O2/c1-17-14(20)13-7-2-3-8-19(13)15(21)18-12-6-4-5-11(9-12)10-16/h4-6,9,13H,2-3,7-8,10,16H2,1H3,(H,17,20)(H,18,21). The van der Waals surface area contributed by atoms with Gasteiger partial charge in [0.05, 0.1) is 0 Å². The van der Waals surface area contributed by atoms with Crippen molar-refractivity contribution in [3.05, 3.63) is 29.8 Å². The highest BCUT2D eigenvalue weighted by atomic mass is 16.2. The first kappa shape index (κ1) is 15.3. The molecule has 0 radical (unpaired) electrons. The minimum atomic E-state index is -0.388. The summed E-state index contributed by atoms with van der Waals surface area (Å²) < 4.78 is 0. The second-order valence-corrected chi connectivity index (χ2v) is 5.15. The number of urea groups is 1. The summed E-state index contributed by atoms with van der Waals surface area (Å²) in [5.41, 5.74) is 7.25. The topological polar surface area (TPSA) is 87.5 Å². The van der Waals surface area contributed by atoms with Gasteiger partial charge in [0, 0.05) is 25.8 Å². The van der Waals surface area contributed by atoms with E-state index in [0.717, 1.165) is 18.4 Å². The van der Waals surface area contributed by atoms with Crippen LogP contribution in [0.3, 0.4) is 0 Å². The number of rotatable bonds is 3. The van der Waals surface area contributed by atoms with Crippen LogP contribution >= 0.6 is 0 Å². The molecule has 6 nitrogen and oxygen atoms in total. The number of piperidine rings is 1. The van der Waals surface area contributed by atoms with Crippen LogP contribution in [0, 0.1) is 0 Å². The van der Waals surface area contributed by atoms with Crippen LogP contribution in [0.4, 0.5) is 10.5 Å². The van der Waals surface area contributed by atoms with Gasteiger partial charge < -0.3 is 21.3 Å². The van der Waals surface area contributed by atoms with Gasteiger partial charge in [-0.3, -0.25) is 4.79 Å². The van der Waals surface area contributed by atoms with Gasteiger partial charge in [-0.1, -0.05) is 12.1 Å². The van der Waals surface area contributed by atoms with E-state index in [1.807, 2.05) is 24.3 Å². The zero-order valence-electron chi connectivity index (χ0n) is 12.3. The van der Waals surface area contributed by atoms with Crippen LogP contribution in [0.1, 0.15) is 24.8 Å². The van der Waals surface area contributed by atoms with Gasteiger partial charge >= 0.3 is 6.03 Å². The molecule has 114 valence electrons. The van der Waals surface area contributed by atoms with Gasteiger partial charge in [-0.2, -0.15) is 0 Å². The summed E-state index contributed by atoms with van der Waals surface area (Å²) in [6.45, 7) is 1.02. The van der Waals surface area contributed by atoms with E-state index in [4.69, 9.17) is 5.73 Å². The van der Waals surface area contributed by atoms with Gasteiger partial charge in [0.15, 0.2) is 0 Å². The molecule has 0 bridgehead atoms. The van der Waals surface area contributed by atoms with E-state index in [-0.39, 0.29) is 18.0 Å². The van der Waals surface area contributed by atoms with Crippen LogP contribution in [-0.4, -0.2) is 36.5 Å². The Morgan fingerprint density at radius 2 is 2.19 bits per heavy atom. The van der Waals surface area contributed by atoms with E-state index in [1.54, 1.807) is 11.9 Å². The van der Waals surface area contributed by atoms with Gasteiger partial charge in [0.2, 0.25) is 5.91 Å². The van der Waals surface area contributed by atoms with Gasteiger partial charge in [-0.15, -0.1) is 0 Å². The van der Waals surface area contributed by atoms with Crippen molar-refractivity contribution >= 4 is 17.6 Å². The van der Waals surface area contributed by atoms with Crippen LogP contribution in [-0.2, 0) is 11.3 Å². The van der Waals surface area contributed by atoms with Crippen LogP contribution in [0.2, 0.25) is 0 Å². The summed E-state index contributed by atoms with van der Waals surface area (Å²) >= 11 is 0. The number of amides is 3. The number of carbonyl (C=O) groups excluding carboxylic acids is 2. The maximum absolute atomic E-state index is 12.4. The number of anilines is 1. The Kier molecular flexibility index (Phi) is 5.16. The molecule has 1 saturated heterocycles. The molecule has 0 aromatic heterocycles. The van der Waals surface area contributed by atoms with E-state index in [1.165, 1.54) is 0 Å². The Balaban J connectivity index is 2.08. The minimum Gasteiger partial charge on any atom is -0.357 e. The van der Waals surface area contributed by atoms with Crippen molar-refractivity contribution in [2.75, 3.05) is 18.9 Å². The molecule has 1 aliphatic rings. The predicted molar refractivity (Wildman–Crippen MR) is 81.8 cm³/mol. The summed E-state index contributed by atoms with van der Waals surface area (Å²) in [6, 6.07) is 6.79. The fourth-order valence-corrected chi connectivity index (χ4v) is 2.59. The molecule has 21 heavy (non-hydrogen) atoms. The molecule has 1 heterocycles. The number of likely N-dealkylation sites (tertiary alicyclic amines) is 1. The molecule has 0 aliphatic carbocycles. The summed E-state index contributed by atoms with van der Waals surface area (Å²) in [6.07, 6.45) is 2.59. The molecule has 6 heteroatoms. The van der Waals surface area contributed by atoms with E-state index < -0.39 is 0 Å². The molecule has 0 spiro atoms. The fourth-order valence-electron chi connectivity index (χ4n) is 2.59. The third kappa shape index (κ3) is 3.72. The first-order chi connectivity index (χ1) is 10.2. The molecule has 1 fully saturated rings. The first-order valence-electron chi connectivity index (χ1n) is 7.24. The van der Waals surface area contributed by atoms with E-state index in [0.29, 0.717) is 25.2 Å². The Labute approximate surface area is 124 Å². The van der Waals surface area contributed by atoms with Crippen molar-refractivity contribution in [3.63, 3.8) is 0 Å². The van der Waals surface area contributed by atoms with Crippen molar-refractivity contribution in [2.24, 2.45) is 5.73 Å². The molecule has 1 unspecified atom stereocenters. The average molecular weight is 290 g/mol. The normalized spacial score (nSPS) is 18.2. The second kappa shape index (κ2) is 7.08. The third-order valence-electron chi connectivity index (χ3n) is 3.73. The fraction of sp³-hybridized carbons (Fsp3) is 0.467. The second-order valence-electron chi connectivity index (χ2n) is 5.15. The first-order valence-corrected chi connectivity index (χ1v) is 7.24. The Hall–Kier alpha value is -2.08. The number of benzene rings is 1. The van der Waals surface area contributed by atoms with Crippen molar-refractivity contribution < 1.29 is 9.59 Å². The van der Waals surface area contributed by atoms with Gasteiger partial charge in [0.25, 0.3) is 0 Å². The highest BCUT2D eigenvalue weighted by Gasteiger charge is 2.31. The highest BCUT2D eigenvalue weighted by Crippen LogP contribution is 2.19. The smallest absolute Gasteiger partial charge is 0.322 e. The number of nitrogens with two attached hydrogens (primary N) is 1. The van der Waals surface area contributed by atoms with Crippen molar-refractivity contribution in [1.82, 2.24) is 10.2 Å². The van der Waals surface area contributed by atoms with Crippen molar-refractivity contribution in [3.8, 4) is 0 Å². The number of nitrogens with one attached hydrogen (secondary N) is 2. The number of nitrogens with zero attached hydrogens (tertiary/aromatic N) is 1. The van der Waals surface area contributed by atoms with E-state index in [9.17, 15) is 9.59 Å². The molecule has 1 aliphatic heterocycles. The van der Waals surface area contributed by atoms with Crippen LogP contribution < -0.4 is 16.4 Å². The lowest BCUT2D eigenvalue weighted by molar-refractivity contribution is -0.125. The van der Waals surface area contributed by atoms with Crippen LogP contribution in [0.25, 0.3) is 0 Å².